The van der Waals surface area contributed by atoms with Gasteiger partial charge >= 0.3 is 16.4 Å². The van der Waals surface area contributed by atoms with Crippen molar-refractivity contribution in [2.45, 2.75) is 269 Å². The van der Waals surface area contributed by atoms with Crippen molar-refractivity contribution in [3.63, 3.8) is 0 Å². The second-order valence-electron chi connectivity index (χ2n) is 19.2. The Morgan fingerprint density at radius 3 is 1.40 bits per heavy atom. The lowest BCUT2D eigenvalue weighted by molar-refractivity contribution is -0.301. The number of hydrogen-bond acceptors (Lipinski definition) is 11. The second kappa shape index (κ2) is 47.8. The Balaban J connectivity index is 2.32. The van der Waals surface area contributed by atoms with Gasteiger partial charge in [0.2, 0.25) is 0 Å². The van der Waals surface area contributed by atoms with Crippen molar-refractivity contribution in [2.24, 2.45) is 0 Å². The molecular weight excluding hydrogens is 909 g/mol. The molecule has 0 amide bonds. The van der Waals surface area contributed by atoms with E-state index in [1.807, 2.05) is 0 Å². The van der Waals surface area contributed by atoms with E-state index in [4.69, 9.17) is 18.9 Å². The highest BCUT2D eigenvalue weighted by Gasteiger charge is 2.48. The fourth-order valence-electron chi connectivity index (χ4n) is 8.36. The third-order valence-corrected chi connectivity index (χ3v) is 13.1. The minimum atomic E-state index is -5.07. The Morgan fingerprint density at radius 2 is 0.943 bits per heavy atom. The number of aliphatic hydroxyl groups excluding tert-OH is 3. The molecule has 1 aliphatic rings. The van der Waals surface area contributed by atoms with Gasteiger partial charge in [0.05, 0.1) is 19.8 Å². The van der Waals surface area contributed by atoms with Crippen LogP contribution in [0.4, 0.5) is 0 Å². The molecule has 408 valence electrons. The summed E-state index contributed by atoms with van der Waals surface area (Å²) in [5.41, 5.74) is 0. The van der Waals surface area contributed by atoms with Crippen LogP contribution < -0.4 is 0 Å². The molecule has 6 atom stereocenters. The van der Waals surface area contributed by atoms with E-state index in [0.29, 0.717) is 13.0 Å². The molecule has 0 spiro atoms. The first kappa shape index (κ1) is 65.8. The van der Waals surface area contributed by atoms with Crippen molar-refractivity contribution < 1.29 is 56.2 Å². The first-order chi connectivity index (χ1) is 34.1. The molecule has 1 heterocycles. The van der Waals surface area contributed by atoms with Gasteiger partial charge < -0.3 is 34.3 Å². The van der Waals surface area contributed by atoms with Crippen molar-refractivity contribution in [3.05, 3.63) is 60.8 Å². The quantitative estimate of drug-likeness (QED) is 0.0196. The van der Waals surface area contributed by atoms with Crippen LogP contribution in [0.3, 0.4) is 0 Å². The molecular formula is C57H102O12S. The maximum Gasteiger partial charge on any atom is 0.397 e. The number of allylic oxidation sites excluding steroid dienone is 10. The number of carbonyl (C=O) groups is 1. The molecule has 0 aromatic rings. The maximum absolute atomic E-state index is 12.9. The van der Waals surface area contributed by atoms with Crippen molar-refractivity contribution >= 4 is 16.4 Å². The van der Waals surface area contributed by atoms with Crippen LogP contribution in [0.15, 0.2) is 60.8 Å². The summed E-state index contributed by atoms with van der Waals surface area (Å²) in [5, 5.41) is 30.8. The fourth-order valence-corrected chi connectivity index (χ4v) is 8.87. The van der Waals surface area contributed by atoms with Gasteiger partial charge in [0.15, 0.2) is 6.29 Å². The van der Waals surface area contributed by atoms with Crippen LogP contribution in [0.5, 0.6) is 0 Å². The summed E-state index contributed by atoms with van der Waals surface area (Å²) in [6.07, 6.45) is 52.5. The topological polar surface area (TPSA) is 178 Å². The van der Waals surface area contributed by atoms with Crippen LogP contribution in [0.1, 0.15) is 232 Å². The minimum absolute atomic E-state index is 0.0290. The van der Waals surface area contributed by atoms with Crippen LogP contribution in [0, 0.1) is 0 Å². The molecule has 13 heteroatoms. The van der Waals surface area contributed by atoms with Gasteiger partial charge in [0.25, 0.3) is 0 Å². The van der Waals surface area contributed by atoms with Gasteiger partial charge in [-0.3, -0.25) is 9.35 Å². The van der Waals surface area contributed by atoms with E-state index in [9.17, 15) is 33.1 Å². The summed E-state index contributed by atoms with van der Waals surface area (Å²) in [4.78, 5) is 12.9. The minimum Gasteiger partial charge on any atom is -0.457 e. The van der Waals surface area contributed by atoms with E-state index < -0.39 is 59.8 Å². The van der Waals surface area contributed by atoms with E-state index in [0.717, 1.165) is 70.6 Å². The molecule has 1 saturated heterocycles. The molecule has 1 rings (SSSR count). The molecule has 0 radical (unpaired) electrons. The number of aliphatic hydroxyl groups is 3. The molecule has 6 unspecified atom stereocenters. The zero-order valence-electron chi connectivity index (χ0n) is 44.1. The molecule has 0 aliphatic carbocycles. The van der Waals surface area contributed by atoms with Crippen LogP contribution in [-0.2, 0) is 38.3 Å². The van der Waals surface area contributed by atoms with Gasteiger partial charge in [-0.15, -0.1) is 0 Å². The van der Waals surface area contributed by atoms with Crippen LogP contribution in [0.25, 0.3) is 0 Å². The Bertz CT molecular complexity index is 1450. The molecule has 0 aromatic heterocycles. The Kier molecular flexibility index (Phi) is 44.9. The molecule has 0 aromatic carbocycles. The van der Waals surface area contributed by atoms with Gasteiger partial charge in [-0.2, -0.15) is 8.42 Å². The number of ether oxygens (including phenoxy) is 4. The number of esters is 1. The van der Waals surface area contributed by atoms with E-state index in [1.54, 1.807) is 0 Å². The molecule has 1 fully saturated rings. The van der Waals surface area contributed by atoms with Gasteiger partial charge in [-0.1, -0.05) is 203 Å². The first-order valence-electron chi connectivity index (χ1n) is 28.0. The highest BCUT2D eigenvalue weighted by molar-refractivity contribution is 7.80. The summed E-state index contributed by atoms with van der Waals surface area (Å²) in [6.45, 7) is 3.96. The third kappa shape index (κ3) is 40.3. The predicted octanol–water partition coefficient (Wildman–Crippen LogP) is 13.6. The SMILES string of the molecule is CCCCC/C=C\C/C=C\CCCCCCCCCCCC(=O)OC(COCCCCCCCCCCC/C=C\C/C=C\C/C=C\CCCCCCC)COC1OC(CO)C(O)C(OS(=O)(=O)O)C1O. The number of hydrogen-bond donors (Lipinski definition) is 4. The number of unbranched alkanes of at least 4 members (excludes halogenated alkanes) is 26. The fraction of sp³-hybridized carbons (Fsp3) is 0.807. The summed E-state index contributed by atoms with van der Waals surface area (Å²) in [6, 6.07) is 0. The van der Waals surface area contributed by atoms with Crippen molar-refractivity contribution in [1.82, 2.24) is 0 Å². The summed E-state index contributed by atoms with van der Waals surface area (Å²) < 4.78 is 59.4. The molecule has 0 bridgehead atoms. The van der Waals surface area contributed by atoms with Gasteiger partial charge in [0.1, 0.15) is 30.5 Å². The lowest BCUT2D eigenvalue weighted by Gasteiger charge is -2.41. The van der Waals surface area contributed by atoms with Gasteiger partial charge in [-0.25, -0.2) is 4.18 Å². The highest BCUT2D eigenvalue weighted by Crippen LogP contribution is 2.26. The average molecular weight is 1010 g/mol. The maximum atomic E-state index is 12.9. The highest BCUT2D eigenvalue weighted by atomic mass is 32.3. The molecule has 12 nitrogen and oxygen atoms in total. The van der Waals surface area contributed by atoms with Gasteiger partial charge in [-0.05, 0) is 83.5 Å². The van der Waals surface area contributed by atoms with E-state index in [2.05, 4.69) is 78.8 Å². The predicted molar refractivity (Wildman–Crippen MR) is 285 cm³/mol. The zero-order valence-corrected chi connectivity index (χ0v) is 44.9. The number of rotatable bonds is 49. The largest absolute Gasteiger partial charge is 0.457 e. The molecule has 4 N–H and O–H groups in total. The molecule has 1 aliphatic heterocycles. The lowest BCUT2D eigenvalue weighted by Crippen LogP contribution is -2.60. The third-order valence-electron chi connectivity index (χ3n) is 12.6. The van der Waals surface area contributed by atoms with Crippen molar-refractivity contribution in [3.8, 4) is 0 Å². The van der Waals surface area contributed by atoms with Gasteiger partial charge in [0, 0.05) is 13.0 Å². The van der Waals surface area contributed by atoms with Crippen LogP contribution >= 0.6 is 0 Å². The average Bonchev–Trinajstić information content (AvgIpc) is 3.34. The summed E-state index contributed by atoms with van der Waals surface area (Å²) >= 11 is 0. The standard InChI is InChI=1S/C57H102O12S/c1-3-5-7-9-11-13-15-17-19-21-23-24-25-26-27-29-31-33-35-37-39-41-43-45-47-65-49-51(50-66-57-55(61)56(69-70(62,63)64)54(60)52(48-58)68-57)67-53(59)46-44-42-40-38-36-34-32-30-28-22-20-18-16-14-12-10-8-6-4-2/h12,14-15,17-18,20-21,23,25-26,51-52,54-58,60-61H,3-11,13,16,19,22,24,27-50H2,1-2H3,(H,62,63,64)/b14-12-,17-15-,20-18-,23-21-,26-25-. The second-order valence-corrected chi connectivity index (χ2v) is 20.2. The number of carbonyl (C=O) groups excluding carboxylic acids is 1. The van der Waals surface area contributed by atoms with Crippen LogP contribution in [-0.4, -0.2) is 97.5 Å². The van der Waals surface area contributed by atoms with E-state index in [-0.39, 0.29) is 19.6 Å². The molecule has 70 heavy (non-hydrogen) atoms. The zero-order chi connectivity index (χ0) is 51.0. The smallest absolute Gasteiger partial charge is 0.397 e. The summed E-state index contributed by atoms with van der Waals surface area (Å²) in [5.74, 6) is -0.405. The lowest BCUT2D eigenvalue weighted by atomic mass is 9.99. The van der Waals surface area contributed by atoms with Crippen molar-refractivity contribution in [1.29, 1.82) is 0 Å². The van der Waals surface area contributed by atoms with E-state index >= 15 is 0 Å². The summed E-state index contributed by atoms with van der Waals surface area (Å²) in [7, 11) is -5.07. The van der Waals surface area contributed by atoms with Crippen LogP contribution in [0.2, 0.25) is 0 Å². The Hall–Kier alpha value is -2.20. The molecule has 0 saturated carbocycles. The van der Waals surface area contributed by atoms with Crippen molar-refractivity contribution in [2.75, 3.05) is 26.4 Å². The first-order valence-corrected chi connectivity index (χ1v) is 29.4. The monoisotopic (exact) mass is 1010 g/mol. The Labute approximate surface area is 427 Å². The normalized spacial score (nSPS) is 19.5. The Morgan fingerprint density at radius 1 is 0.543 bits per heavy atom. The van der Waals surface area contributed by atoms with E-state index in [1.165, 1.54) is 135 Å².